The van der Waals surface area contributed by atoms with E-state index in [1.807, 2.05) is 6.20 Å². The van der Waals surface area contributed by atoms with Gasteiger partial charge in [0, 0.05) is 37.3 Å². The SMILES string of the molecule is CCCn1c(C)cnc1CCNC(=O)C1CCCC1. The Morgan fingerprint density at radius 3 is 2.89 bits per heavy atom. The summed E-state index contributed by atoms with van der Waals surface area (Å²) < 4.78 is 2.25. The van der Waals surface area contributed by atoms with E-state index in [2.05, 4.69) is 28.7 Å². The molecule has 1 fully saturated rings. The first-order valence-electron chi connectivity index (χ1n) is 7.51. The highest BCUT2D eigenvalue weighted by molar-refractivity contribution is 5.78. The molecule has 106 valence electrons. The van der Waals surface area contributed by atoms with Crippen LogP contribution in [0.3, 0.4) is 0 Å². The molecule has 0 atom stereocenters. The van der Waals surface area contributed by atoms with E-state index in [1.54, 1.807) is 0 Å². The smallest absolute Gasteiger partial charge is 0.223 e. The Balaban J connectivity index is 1.80. The number of imidazole rings is 1. The van der Waals surface area contributed by atoms with Crippen LogP contribution in [0.2, 0.25) is 0 Å². The van der Waals surface area contributed by atoms with Gasteiger partial charge in [0.1, 0.15) is 5.82 Å². The number of nitrogens with zero attached hydrogens (tertiary/aromatic N) is 2. The lowest BCUT2D eigenvalue weighted by molar-refractivity contribution is -0.124. The number of carbonyl (C=O) groups excluding carboxylic acids is 1. The first kappa shape index (κ1) is 14.1. The molecule has 2 rings (SSSR count). The molecule has 0 spiro atoms. The molecule has 4 heteroatoms. The monoisotopic (exact) mass is 263 g/mol. The first-order chi connectivity index (χ1) is 9.22. The Labute approximate surface area is 115 Å². The van der Waals surface area contributed by atoms with Gasteiger partial charge in [-0.3, -0.25) is 4.79 Å². The molecular weight excluding hydrogens is 238 g/mol. The predicted molar refractivity (Wildman–Crippen MR) is 75.9 cm³/mol. The zero-order valence-electron chi connectivity index (χ0n) is 12.1. The molecule has 1 aromatic rings. The summed E-state index contributed by atoms with van der Waals surface area (Å²) in [7, 11) is 0. The Kier molecular flexibility index (Phi) is 5.00. The number of nitrogens with one attached hydrogen (secondary N) is 1. The summed E-state index contributed by atoms with van der Waals surface area (Å²) in [6.45, 7) is 5.97. The number of aromatic nitrogens is 2. The van der Waals surface area contributed by atoms with Gasteiger partial charge in [-0.05, 0) is 26.2 Å². The minimum Gasteiger partial charge on any atom is -0.355 e. The highest BCUT2D eigenvalue weighted by atomic mass is 16.1. The summed E-state index contributed by atoms with van der Waals surface area (Å²) in [6.07, 6.45) is 8.40. The number of hydrogen-bond acceptors (Lipinski definition) is 2. The maximum Gasteiger partial charge on any atom is 0.223 e. The number of rotatable bonds is 6. The topological polar surface area (TPSA) is 46.9 Å². The van der Waals surface area contributed by atoms with Crippen LogP contribution in [0.5, 0.6) is 0 Å². The fourth-order valence-corrected chi connectivity index (χ4v) is 2.87. The number of amides is 1. The molecule has 1 saturated carbocycles. The third-order valence-electron chi connectivity index (χ3n) is 3.96. The molecule has 1 heterocycles. The molecule has 0 bridgehead atoms. The van der Waals surface area contributed by atoms with Gasteiger partial charge in [0.15, 0.2) is 0 Å². The van der Waals surface area contributed by atoms with Crippen LogP contribution < -0.4 is 5.32 Å². The van der Waals surface area contributed by atoms with Gasteiger partial charge in [0.05, 0.1) is 0 Å². The highest BCUT2D eigenvalue weighted by Gasteiger charge is 2.22. The van der Waals surface area contributed by atoms with Crippen LogP contribution in [0.25, 0.3) is 0 Å². The Morgan fingerprint density at radius 2 is 2.21 bits per heavy atom. The van der Waals surface area contributed by atoms with Gasteiger partial charge < -0.3 is 9.88 Å². The van der Waals surface area contributed by atoms with Gasteiger partial charge >= 0.3 is 0 Å². The van der Waals surface area contributed by atoms with Crippen molar-refractivity contribution in [2.24, 2.45) is 5.92 Å². The first-order valence-corrected chi connectivity index (χ1v) is 7.51. The van der Waals surface area contributed by atoms with Crippen LogP contribution in [0.15, 0.2) is 6.20 Å². The standard InChI is InChI=1S/C15H25N3O/c1-3-10-18-12(2)11-17-14(18)8-9-16-15(19)13-6-4-5-7-13/h11,13H,3-10H2,1-2H3,(H,16,19). The molecule has 0 aromatic carbocycles. The molecule has 1 aliphatic rings. The van der Waals surface area contributed by atoms with Gasteiger partial charge in [0.25, 0.3) is 0 Å². The van der Waals surface area contributed by atoms with Gasteiger partial charge in [0.2, 0.25) is 5.91 Å². The van der Waals surface area contributed by atoms with Crippen LogP contribution in [0, 0.1) is 12.8 Å². The van der Waals surface area contributed by atoms with E-state index in [0.29, 0.717) is 6.54 Å². The fourth-order valence-electron chi connectivity index (χ4n) is 2.87. The second kappa shape index (κ2) is 6.73. The number of carbonyl (C=O) groups is 1. The number of aryl methyl sites for hydroxylation is 1. The lowest BCUT2D eigenvalue weighted by Gasteiger charge is -2.11. The van der Waals surface area contributed by atoms with Gasteiger partial charge in [-0.25, -0.2) is 4.98 Å². The van der Waals surface area contributed by atoms with Crippen molar-refractivity contribution in [3.05, 3.63) is 17.7 Å². The van der Waals surface area contributed by atoms with E-state index in [0.717, 1.165) is 38.1 Å². The van der Waals surface area contributed by atoms with Gasteiger partial charge in [-0.2, -0.15) is 0 Å². The summed E-state index contributed by atoms with van der Waals surface area (Å²) in [4.78, 5) is 16.4. The Bertz CT molecular complexity index is 419. The van der Waals surface area contributed by atoms with Crippen LogP contribution in [0.1, 0.15) is 50.5 Å². The minimum atomic E-state index is 0.239. The molecule has 19 heavy (non-hydrogen) atoms. The third-order valence-corrected chi connectivity index (χ3v) is 3.96. The molecule has 1 aliphatic carbocycles. The van der Waals surface area contributed by atoms with Crippen LogP contribution in [0.4, 0.5) is 0 Å². The molecular formula is C15H25N3O. The van der Waals surface area contributed by atoms with Crippen molar-refractivity contribution in [2.75, 3.05) is 6.54 Å². The predicted octanol–water partition coefficient (Wildman–Crippen LogP) is 2.45. The van der Waals surface area contributed by atoms with E-state index in [4.69, 9.17) is 0 Å². The van der Waals surface area contributed by atoms with E-state index < -0.39 is 0 Å². The second-order valence-corrected chi connectivity index (χ2v) is 5.49. The Morgan fingerprint density at radius 1 is 1.47 bits per heavy atom. The van der Waals surface area contributed by atoms with E-state index in [9.17, 15) is 4.79 Å². The van der Waals surface area contributed by atoms with Gasteiger partial charge in [-0.15, -0.1) is 0 Å². The van der Waals surface area contributed by atoms with E-state index >= 15 is 0 Å². The molecule has 0 unspecified atom stereocenters. The summed E-state index contributed by atoms with van der Waals surface area (Å²) in [5.41, 5.74) is 1.21. The largest absolute Gasteiger partial charge is 0.355 e. The summed E-state index contributed by atoms with van der Waals surface area (Å²) in [5.74, 6) is 1.59. The molecule has 1 aromatic heterocycles. The zero-order valence-corrected chi connectivity index (χ0v) is 12.1. The van der Waals surface area contributed by atoms with E-state index in [-0.39, 0.29) is 11.8 Å². The summed E-state index contributed by atoms with van der Waals surface area (Å²) in [6, 6.07) is 0. The average molecular weight is 263 g/mol. The molecule has 0 radical (unpaired) electrons. The van der Waals surface area contributed by atoms with Crippen LogP contribution in [-0.4, -0.2) is 22.0 Å². The van der Waals surface area contributed by atoms with Crippen molar-refractivity contribution >= 4 is 5.91 Å². The zero-order chi connectivity index (χ0) is 13.7. The average Bonchev–Trinajstić information content (AvgIpc) is 3.03. The van der Waals surface area contributed by atoms with Crippen molar-refractivity contribution in [3.63, 3.8) is 0 Å². The number of hydrogen-bond donors (Lipinski definition) is 1. The molecule has 0 saturated heterocycles. The van der Waals surface area contributed by atoms with Crippen LogP contribution >= 0.6 is 0 Å². The summed E-state index contributed by atoms with van der Waals surface area (Å²) in [5, 5.41) is 3.06. The quantitative estimate of drug-likeness (QED) is 0.857. The van der Waals surface area contributed by atoms with E-state index in [1.165, 1.54) is 18.5 Å². The third kappa shape index (κ3) is 3.58. The maximum absolute atomic E-state index is 11.9. The van der Waals surface area contributed by atoms with Crippen molar-refractivity contribution in [3.8, 4) is 0 Å². The van der Waals surface area contributed by atoms with Crippen molar-refractivity contribution in [2.45, 2.75) is 58.9 Å². The fraction of sp³-hybridized carbons (Fsp3) is 0.733. The normalized spacial score (nSPS) is 15.9. The van der Waals surface area contributed by atoms with Crippen molar-refractivity contribution in [1.82, 2.24) is 14.9 Å². The lowest BCUT2D eigenvalue weighted by Crippen LogP contribution is -2.31. The molecule has 1 amide bonds. The maximum atomic E-state index is 11.9. The highest BCUT2D eigenvalue weighted by Crippen LogP contribution is 2.24. The van der Waals surface area contributed by atoms with Gasteiger partial charge in [-0.1, -0.05) is 19.8 Å². The molecule has 4 nitrogen and oxygen atoms in total. The lowest BCUT2D eigenvalue weighted by atomic mass is 10.1. The van der Waals surface area contributed by atoms with Crippen LogP contribution in [-0.2, 0) is 17.8 Å². The van der Waals surface area contributed by atoms with Crippen molar-refractivity contribution < 1.29 is 4.79 Å². The molecule has 0 aliphatic heterocycles. The Hall–Kier alpha value is -1.32. The second-order valence-electron chi connectivity index (χ2n) is 5.49. The minimum absolute atomic E-state index is 0.239. The summed E-state index contributed by atoms with van der Waals surface area (Å²) >= 11 is 0. The van der Waals surface area contributed by atoms with Crippen molar-refractivity contribution in [1.29, 1.82) is 0 Å². The molecule has 1 N–H and O–H groups in total.